The Hall–Kier alpha value is -3.27. The van der Waals surface area contributed by atoms with Crippen LogP contribution < -0.4 is 0 Å². The Morgan fingerprint density at radius 1 is 0.696 bits per heavy atom. The first-order chi connectivity index (χ1) is 11.4. The van der Waals surface area contributed by atoms with Gasteiger partial charge in [0.2, 0.25) is 0 Å². The van der Waals surface area contributed by atoms with E-state index < -0.39 is 0 Å². The molecule has 0 aliphatic heterocycles. The monoisotopic (exact) mass is 297 g/mol. The van der Waals surface area contributed by atoms with Gasteiger partial charge in [-0.2, -0.15) is 0 Å². The minimum Gasteiger partial charge on any atom is -0.456 e. The lowest BCUT2D eigenvalue weighted by Gasteiger charge is -2.02. The fraction of sp³-hybridized carbons (Fsp3) is 0. The molecule has 4 heteroatoms. The number of rotatable bonds is 1. The van der Waals surface area contributed by atoms with Crippen LogP contribution in [0.3, 0.4) is 0 Å². The average molecular weight is 297 g/mol. The van der Waals surface area contributed by atoms with Gasteiger partial charge in [0.1, 0.15) is 11.2 Å². The molecule has 0 saturated heterocycles. The predicted octanol–water partition coefficient (Wildman–Crippen LogP) is 4.59. The van der Waals surface area contributed by atoms with Crippen molar-refractivity contribution in [2.75, 3.05) is 0 Å². The fourth-order valence-electron chi connectivity index (χ4n) is 2.88. The molecule has 23 heavy (non-hydrogen) atoms. The number of pyridine rings is 3. The molecule has 0 bridgehead atoms. The SMILES string of the molecule is c1ccc2c(c1)oc1cc(-c3cc4cnccc4cn3)ncc12. The third kappa shape index (κ3) is 1.89. The van der Waals surface area contributed by atoms with Gasteiger partial charge in [-0.15, -0.1) is 0 Å². The molecule has 108 valence electrons. The molecular formula is C19H11N3O. The molecule has 0 amide bonds. The molecule has 0 saturated carbocycles. The molecule has 5 aromatic rings. The van der Waals surface area contributed by atoms with Crippen molar-refractivity contribution in [2.24, 2.45) is 0 Å². The van der Waals surface area contributed by atoms with Crippen molar-refractivity contribution >= 4 is 32.7 Å². The van der Waals surface area contributed by atoms with Crippen LogP contribution in [0.1, 0.15) is 0 Å². The molecular weight excluding hydrogens is 286 g/mol. The zero-order valence-electron chi connectivity index (χ0n) is 12.1. The summed E-state index contributed by atoms with van der Waals surface area (Å²) in [5.74, 6) is 0. The number of fused-ring (bicyclic) bond motifs is 4. The van der Waals surface area contributed by atoms with Crippen molar-refractivity contribution in [1.29, 1.82) is 0 Å². The van der Waals surface area contributed by atoms with Gasteiger partial charge >= 0.3 is 0 Å². The summed E-state index contributed by atoms with van der Waals surface area (Å²) in [4.78, 5) is 13.2. The van der Waals surface area contributed by atoms with Gasteiger partial charge in [-0.25, -0.2) is 0 Å². The van der Waals surface area contributed by atoms with Gasteiger partial charge < -0.3 is 4.42 Å². The van der Waals surface area contributed by atoms with Gasteiger partial charge in [0.25, 0.3) is 0 Å². The number of hydrogen-bond donors (Lipinski definition) is 0. The summed E-state index contributed by atoms with van der Waals surface area (Å²) in [6.45, 7) is 0. The maximum atomic E-state index is 5.92. The largest absolute Gasteiger partial charge is 0.456 e. The molecule has 0 aliphatic rings. The van der Waals surface area contributed by atoms with Gasteiger partial charge in [0.05, 0.1) is 11.4 Å². The van der Waals surface area contributed by atoms with Crippen LogP contribution in [0.25, 0.3) is 44.1 Å². The number of nitrogens with zero attached hydrogens (tertiary/aromatic N) is 3. The van der Waals surface area contributed by atoms with Crippen molar-refractivity contribution in [3.8, 4) is 11.4 Å². The van der Waals surface area contributed by atoms with Gasteiger partial charge in [-0.05, 0) is 18.2 Å². The minimum absolute atomic E-state index is 0.794. The molecule has 4 nitrogen and oxygen atoms in total. The summed E-state index contributed by atoms with van der Waals surface area (Å²) in [7, 11) is 0. The second-order valence-electron chi connectivity index (χ2n) is 5.46. The molecule has 0 aliphatic carbocycles. The van der Waals surface area contributed by atoms with Crippen LogP contribution in [0, 0.1) is 0 Å². The molecule has 0 radical (unpaired) electrons. The molecule has 0 N–H and O–H groups in total. The van der Waals surface area contributed by atoms with Gasteiger partial charge in [0, 0.05) is 52.4 Å². The highest BCUT2D eigenvalue weighted by Gasteiger charge is 2.10. The maximum absolute atomic E-state index is 5.92. The second-order valence-corrected chi connectivity index (χ2v) is 5.46. The fourth-order valence-corrected chi connectivity index (χ4v) is 2.88. The summed E-state index contributed by atoms with van der Waals surface area (Å²) in [6.07, 6.45) is 7.30. The molecule has 1 aromatic carbocycles. The molecule has 4 aromatic heterocycles. The first kappa shape index (κ1) is 12.3. The van der Waals surface area contributed by atoms with E-state index in [2.05, 4.69) is 15.0 Å². The van der Waals surface area contributed by atoms with Crippen LogP contribution >= 0.6 is 0 Å². The Bertz CT molecular complexity index is 1180. The average Bonchev–Trinajstić information content (AvgIpc) is 2.99. The van der Waals surface area contributed by atoms with E-state index in [1.165, 1.54) is 0 Å². The van der Waals surface area contributed by atoms with Crippen molar-refractivity contribution in [2.45, 2.75) is 0 Å². The molecule has 5 rings (SSSR count). The summed E-state index contributed by atoms with van der Waals surface area (Å²) < 4.78 is 5.92. The highest BCUT2D eigenvalue weighted by molar-refractivity contribution is 6.05. The Morgan fingerprint density at radius 3 is 2.57 bits per heavy atom. The van der Waals surface area contributed by atoms with E-state index in [4.69, 9.17) is 4.42 Å². The predicted molar refractivity (Wildman–Crippen MR) is 90.0 cm³/mol. The summed E-state index contributed by atoms with van der Waals surface area (Å²) >= 11 is 0. The Kier molecular flexibility index (Phi) is 2.46. The second kappa shape index (κ2) is 4.61. The summed E-state index contributed by atoms with van der Waals surface area (Å²) in [6, 6.07) is 13.9. The van der Waals surface area contributed by atoms with E-state index in [0.29, 0.717) is 0 Å². The number of para-hydroxylation sites is 1. The van der Waals surface area contributed by atoms with Crippen molar-refractivity contribution in [1.82, 2.24) is 15.0 Å². The van der Waals surface area contributed by atoms with Gasteiger partial charge in [-0.3, -0.25) is 15.0 Å². The molecule has 0 fully saturated rings. The Morgan fingerprint density at radius 2 is 1.57 bits per heavy atom. The van der Waals surface area contributed by atoms with Gasteiger partial charge in [-0.1, -0.05) is 18.2 Å². The van der Waals surface area contributed by atoms with E-state index in [9.17, 15) is 0 Å². The Labute approximate surface area is 131 Å². The molecule has 0 spiro atoms. The lowest BCUT2D eigenvalue weighted by molar-refractivity contribution is 0.668. The van der Waals surface area contributed by atoms with E-state index in [1.54, 1.807) is 6.20 Å². The number of aromatic nitrogens is 3. The first-order valence-corrected chi connectivity index (χ1v) is 7.36. The third-order valence-electron chi connectivity index (χ3n) is 4.05. The molecule has 4 heterocycles. The van der Waals surface area contributed by atoms with E-state index >= 15 is 0 Å². The highest BCUT2D eigenvalue weighted by Crippen LogP contribution is 2.30. The van der Waals surface area contributed by atoms with Crippen molar-refractivity contribution in [3.05, 3.63) is 67.3 Å². The Balaban J connectivity index is 1.73. The topological polar surface area (TPSA) is 51.8 Å². The number of benzene rings is 1. The molecule has 0 unspecified atom stereocenters. The van der Waals surface area contributed by atoms with Gasteiger partial charge in [0.15, 0.2) is 0 Å². The zero-order valence-corrected chi connectivity index (χ0v) is 12.1. The normalized spacial score (nSPS) is 11.5. The third-order valence-corrected chi connectivity index (χ3v) is 4.05. The lowest BCUT2D eigenvalue weighted by Crippen LogP contribution is -1.87. The highest BCUT2D eigenvalue weighted by atomic mass is 16.3. The molecule has 0 atom stereocenters. The maximum Gasteiger partial charge on any atom is 0.139 e. The van der Waals surface area contributed by atoms with Crippen LogP contribution in [0.2, 0.25) is 0 Å². The van der Waals surface area contributed by atoms with Crippen molar-refractivity contribution < 1.29 is 4.42 Å². The number of furan rings is 1. The standard InChI is InChI=1S/C19H11N3O/c1-2-4-18-14(3-1)15-11-22-17(8-19(15)23-18)16-7-13-9-20-6-5-12(13)10-21-16/h1-11H. The summed E-state index contributed by atoms with van der Waals surface area (Å²) in [5.41, 5.74) is 3.30. The van der Waals surface area contributed by atoms with Crippen molar-refractivity contribution in [3.63, 3.8) is 0 Å². The van der Waals surface area contributed by atoms with E-state index in [-0.39, 0.29) is 0 Å². The van der Waals surface area contributed by atoms with Crippen LogP contribution in [-0.4, -0.2) is 15.0 Å². The van der Waals surface area contributed by atoms with Crippen LogP contribution in [-0.2, 0) is 0 Å². The number of hydrogen-bond acceptors (Lipinski definition) is 4. The quantitative estimate of drug-likeness (QED) is 0.454. The van der Waals surface area contributed by atoms with Crippen LogP contribution in [0.15, 0.2) is 71.7 Å². The van der Waals surface area contributed by atoms with E-state index in [0.717, 1.165) is 44.1 Å². The van der Waals surface area contributed by atoms with Crippen LogP contribution in [0.4, 0.5) is 0 Å². The van der Waals surface area contributed by atoms with Crippen LogP contribution in [0.5, 0.6) is 0 Å². The first-order valence-electron chi connectivity index (χ1n) is 7.36. The minimum atomic E-state index is 0.794. The van der Waals surface area contributed by atoms with E-state index in [1.807, 2.05) is 61.1 Å². The zero-order chi connectivity index (χ0) is 15.2. The lowest BCUT2D eigenvalue weighted by atomic mass is 10.1. The summed E-state index contributed by atoms with van der Waals surface area (Å²) in [5, 5.41) is 4.21. The smallest absolute Gasteiger partial charge is 0.139 e.